The number of alkyl halides is 3. The van der Waals surface area contributed by atoms with E-state index in [4.69, 9.17) is 5.73 Å². The normalized spacial score (nSPS) is 15.4. The third-order valence-corrected chi connectivity index (χ3v) is 4.01. The molecular weight excluding hydrogens is 357 g/mol. The van der Waals surface area contributed by atoms with Gasteiger partial charge in [-0.1, -0.05) is 6.07 Å². The second-order valence-electron chi connectivity index (χ2n) is 5.89. The molecule has 1 heterocycles. The molecule has 1 aliphatic carbocycles. The molecule has 1 aromatic heterocycles. The maximum atomic E-state index is 13.0. The van der Waals surface area contributed by atoms with Crippen molar-refractivity contribution >= 4 is 18.3 Å². The Kier molecular flexibility index (Phi) is 5.74. The molecule has 136 valence electrons. The molecule has 2 aromatic rings. The summed E-state index contributed by atoms with van der Waals surface area (Å²) in [4.78, 5) is 12.2. The number of nitrogens with one attached hydrogen (secondary N) is 1. The lowest BCUT2D eigenvalue weighted by molar-refractivity contribution is -0.142. The maximum Gasteiger partial charge on any atom is 0.433 e. The van der Waals surface area contributed by atoms with Crippen molar-refractivity contribution in [2.75, 3.05) is 6.54 Å². The van der Waals surface area contributed by atoms with Crippen LogP contribution in [0.4, 0.5) is 13.2 Å². The Hall–Kier alpha value is -2.06. The Morgan fingerprint density at radius 3 is 2.72 bits per heavy atom. The molecule has 1 unspecified atom stereocenters. The van der Waals surface area contributed by atoms with Crippen molar-refractivity contribution in [2.45, 2.75) is 25.1 Å². The monoisotopic (exact) mass is 374 g/mol. The number of benzene rings is 1. The zero-order valence-electron chi connectivity index (χ0n) is 13.2. The number of halogens is 4. The fraction of sp³-hybridized carbons (Fsp3) is 0.375. The van der Waals surface area contributed by atoms with E-state index in [1.165, 1.54) is 24.3 Å². The Bertz CT molecular complexity index is 743. The first-order valence-corrected chi connectivity index (χ1v) is 7.61. The van der Waals surface area contributed by atoms with Crippen LogP contribution >= 0.6 is 12.4 Å². The number of nitrogens with zero attached hydrogens (tertiary/aromatic N) is 2. The molecule has 9 heteroatoms. The third-order valence-electron chi connectivity index (χ3n) is 4.01. The largest absolute Gasteiger partial charge is 0.433 e. The first-order valence-electron chi connectivity index (χ1n) is 7.61. The van der Waals surface area contributed by atoms with Crippen molar-refractivity contribution in [2.24, 2.45) is 11.7 Å². The Morgan fingerprint density at radius 2 is 2.08 bits per heavy atom. The Labute approximate surface area is 148 Å². The van der Waals surface area contributed by atoms with Gasteiger partial charge in [-0.2, -0.15) is 18.3 Å². The lowest BCUT2D eigenvalue weighted by Gasteiger charge is -2.13. The highest BCUT2D eigenvalue weighted by atomic mass is 35.5. The molecule has 0 radical (unpaired) electrons. The number of nitrogens with two attached hydrogens (primary N) is 1. The van der Waals surface area contributed by atoms with E-state index in [0.717, 1.165) is 29.8 Å². The van der Waals surface area contributed by atoms with E-state index >= 15 is 0 Å². The molecule has 0 spiro atoms. The summed E-state index contributed by atoms with van der Waals surface area (Å²) in [6.45, 7) is 0.350. The van der Waals surface area contributed by atoms with Crippen LogP contribution in [0.25, 0.3) is 5.69 Å². The summed E-state index contributed by atoms with van der Waals surface area (Å²) < 4.78 is 39.7. The second kappa shape index (κ2) is 7.45. The van der Waals surface area contributed by atoms with E-state index < -0.39 is 11.9 Å². The lowest BCUT2D eigenvalue weighted by Crippen LogP contribution is -2.38. The Morgan fingerprint density at radius 1 is 1.36 bits per heavy atom. The summed E-state index contributed by atoms with van der Waals surface area (Å²) >= 11 is 0. The van der Waals surface area contributed by atoms with Crippen molar-refractivity contribution in [1.82, 2.24) is 15.1 Å². The van der Waals surface area contributed by atoms with Crippen LogP contribution in [0.3, 0.4) is 0 Å². The van der Waals surface area contributed by atoms with Gasteiger partial charge in [0.1, 0.15) is 5.69 Å². The molecule has 3 rings (SSSR count). The first kappa shape index (κ1) is 19.3. The van der Waals surface area contributed by atoms with E-state index in [9.17, 15) is 18.0 Å². The van der Waals surface area contributed by atoms with Crippen LogP contribution in [0.5, 0.6) is 0 Å². The highest BCUT2D eigenvalue weighted by Gasteiger charge is 2.35. The quantitative estimate of drug-likeness (QED) is 0.845. The van der Waals surface area contributed by atoms with Gasteiger partial charge in [-0.3, -0.25) is 4.79 Å². The average molecular weight is 375 g/mol. The van der Waals surface area contributed by atoms with E-state index in [1.807, 2.05) is 0 Å². The lowest BCUT2D eigenvalue weighted by atomic mass is 10.1. The molecule has 0 aliphatic heterocycles. The molecule has 3 N–H and O–H groups in total. The van der Waals surface area contributed by atoms with Crippen molar-refractivity contribution < 1.29 is 18.0 Å². The Balaban J connectivity index is 0.00000225. The minimum atomic E-state index is -4.52. The van der Waals surface area contributed by atoms with Crippen LogP contribution in [-0.2, 0) is 6.18 Å². The van der Waals surface area contributed by atoms with Gasteiger partial charge in [0.2, 0.25) is 0 Å². The molecule has 5 nitrogen and oxygen atoms in total. The smallest absolute Gasteiger partial charge is 0.350 e. The van der Waals surface area contributed by atoms with Crippen molar-refractivity contribution in [1.29, 1.82) is 0 Å². The second-order valence-corrected chi connectivity index (χ2v) is 5.89. The SMILES string of the molecule is Cl.NC(CNC(=O)c1cccc(-n2nccc2C(F)(F)F)c1)C1CC1. The highest BCUT2D eigenvalue weighted by molar-refractivity contribution is 5.94. The van der Waals surface area contributed by atoms with Gasteiger partial charge in [-0.25, -0.2) is 4.68 Å². The van der Waals surface area contributed by atoms with Gasteiger partial charge in [0.15, 0.2) is 0 Å². The zero-order chi connectivity index (χ0) is 17.3. The summed E-state index contributed by atoms with van der Waals surface area (Å²) in [5.41, 5.74) is 5.47. The van der Waals surface area contributed by atoms with Crippen LogP contribution in [-0.4, -0.2) is 28.3 Å². The van der Waals surface area contributed by atoms with Crippen molar-refractivity contribution in [3.8, 4) is 5.69 Å². The molecular formula is C16H18ClF3N4O. The van der Waals surface area contributed by atoms with Crippen LogP contribution in [0, 0.1) is 5.92 Å². The average Bonchev–Trinajstić information content (AvgIpc) is 3.27. The minimum absolute atomic E-state index is 0. The van der Waals surface area contributed by atoms with Crippen LogP contribution in [0.15, 0.2) is 36.5 Å². The molecule has 1 amide bonds. The molecule has 1 fully saturated rings. The first-order chi connectivity index (χ1) is 11.4. The van der Waals surface area contributed by atoms with Gasteiger partial charge in [0.05, 0.1) is 11.9 Å². The number of amides is 1. The number of carbonyl (C=O) groups is 1. The standard InChI is InChI=1S/C16H17F3N4O.ClH/c17-16(18,19)14-6-7-22-23(14)12-3-1-2-11(8-12)15(24)21-9-13(20)10-4-5-10;/h1-3,6-8,10,13H,4-5,9,20H2,(H,21,24);1H. The topological polar surface area (TPSA) is 72.9 Å². The van der Waals surface area contributed by atoms with Gasteiger partial charge in [0.25, 0.3) is 5.91 Å². The molecule has 25 heavy (non-hydrogen) atoms. The fourth-order valence-corrected chi connectivity index (χ4v) is 2.51. The van der Waals surface area contributed by atoms with E-state index in [0.29, 0.717) is 12.5 Å². The molecule has 0 saturated heterocycles. The summed E-state index contributed by atoms with van der Waals surface area (Å²) in [6, 6.07) is 6.71. The van der Waals surface area contributed by atoms with Gasteiger partial charge in [-0.15, -0.1) is 12.4 Å². The fourth-order valence-electron chi connectivity index (χ4n) is 2.51. The highest BCUT2D eigenvalue weighted by Crippen LogP contribution is 2.31. The molecule has 1 aliphatic rings. The molecule has 0 bridgehead atoms. The van der Waals surface area contributed by atoms with E-state index in [-0.39, 0.29) is 35.6 Å². The number of hydrogen-bond acceptors (Lipinski definition) is 3. The summed E-state index contributed by atoms with van der Waals surface area (Å²) in [5, 5.41) is 6.43. The van der Waals surface area contributed by atoms with Gasteiger partial charge in [0, 0.05) is 18.2 Å². The molecule has 1 saturated carbocycles. The zero-order valence-corrected chi connectivity index (χ0v) is 14.0. The van der Waals surface area contributed by atoms with Gasteiger partial charge < -0.3 is 11.1 Å². The summed E-state index contributed by atoms with van der Waals surface area (Å²) in [6.07, 6.45) is -1.30. The number of hydrogen-bond donors (Lipinski definition) is 2. The van der Waals surface area contributed by atoms with Crippen molar-refractivity contribution in [3.63, 3.8) is 0 Å². The predicted molar refractivity (Wildman–Crippen MR) is 88.8 cm³/mol. The maximum absolute atomic E-state index is 13.0. The minimum Gasteiger partial charge on any atom is -0.350 e. The van der Waals surface area contributed by atoms with Crippen LogP contribution < -0.4 is 11.1 Å². The number of rotatable bonds is 5. The molecule has 1 aromatic carbocycles. The number of aromatic nitrogens is 2. The predicted octanol–water partition coefficient (Wildman–Crippen LogP) is 2.78. The third kappa shape index (κ3) is 4.52. The number of carbonyl (C=O) groups excluding carboxylic acids is 1. The van der Waals surface area contributed by atoms with Crippen LogP contribution in [0.2, 0.25) is 0 Å². The van der Waals surface area contributed by atoms with Crippen molar-refractivity contribution in [3.05, 3.63) is 47.8 Å². The van der Waals surface area contributed by atoms with E-state index in [2.05, 4.69) is 10.4 Å². The van der Waals surface area contributed by atoms with E-state index in [1.54, 1.807) is 0 Å². The van der Waals surface area contributed by atoms with Gasteiger partial charge in [-0.05, 0) is 43.0 Å². The van der Waals surface area contributed by atoms with Gasteiger partial charge >= 0.3 is 6.18 Å². The molecule has 1 atom stereocenters. The van der Waals surface area contributed by atoms with Crippen LogP contribution in [0.1, 0.15) is 28.9 Å². The summed E-state index contributed by atoms with van der Waals surface area (Å²) in [7, 11) is 0. The summed E-state index contributed by atoms with van der Waals surface area (Å²) in [5.74, 6) is 0.0868.